The molecule has 0 aliphatic carbocycles. The SMILES string of the molecule is CC(C)Oc1ncccc1CNC(=O)C1CNCC1C. The topological polar surface area (TPSA) is 63.2 Å². The summed E-state index contributed by atoms with van der Waals surface area (Å²) in [6.07, 6.45) is 1.77. The third kappa shape index (κ3) is 3.70. The van der Waals surface area contributed by atoms with Crippen molar-refractivity contribution in [2.24, 2.45) is 11.8 Å². The highest BCUT2D eigenvalue weighted by atomic mass is 16.5. The monoisotopic (exact) mass is 277 g/mol. The summed E-state index contributed by atoms with van der Waals surface area (Å²) in [6, 6.07) is 3.79. The Balaban J connectivity index is 1.95. The zero-order valence-corrected chi connectivity index (χ0v) is 12.3. The molecule has 20 heavy (non-hydrogen) atoms. The van der Waals surface area contributed by atoms with Crippen LogP contribution in [-0.2, 0) is 11.3 Å². The fourth-order valence-electron chi connectivity index (χ4n) is 2.36. The van der Waals surface area contributed by atoms with Crippen LogP contribution >= 0.6 is 0 Å². The van der Waals surface area contributed by atoms with E-state index in [1.807, 2.05) is 26.0 Å². The molecule has 110 valence electrons. The highest BCUT2D eigenvalue weighted by molar-refractivity contribution is 5.79. The second kappa shape index (κ2) is 6.70. The maximum Gasteiger partial charge on any atom is 0.224 e. The first-order valence-electron chi connectivity index (χ1n) is 7.17. The summed E-state index contributed by atoms with van der Waals surface area (Å²) in [4.78, 5) is 16.4. The summed E-state index contributed by atoms with van der Waals surface area (Å²) < 4.78 is 5.65. The average molecular weight is 277 g/mol. The van der Waals surface area contributed by atoms with Gasteiger partial charge in [0.05, 0.1) is 12.0 Å². The Morgan fingerprint density at radius 2 is 2.35 bits per heavy atom. The summed E-state index contributed by atoms with van der Waals surface area (Å²) in [5, 5.41) is 6.23. The van der Waals surface area contributed by atoms with E-state index in [-0.39, 0.29) is 17.9 Å². The van der Waals surface area contributed by atoms with E-state index < -0.39 is 0 Å². The zero-order chi connectivity index (χ0) is 14.5. The van der Waals surface area contributed by atoms with Crippen LogP contribution in [0.3, 0.4) is 0 Å². The number of hydrogen-bond acceptors (Lipinski definition) is 4. The van der Waals surface area contributed by atoms with Crippen molar-refractivity contribution >= 4 is 5.91 Å². The largest absolute Gasteiger partial charge is 0.475 e. The van der Waals surface area contributed by atoms with Crippen molar-refractivity contribution in [2.75, 3.05) is 13.1 Å². The third-order valence-corrected chi connectivity index (χ3v) is 3.50. The molecule has 2 rings (SSSR count). The van der Waals surface area contributed by atoms with Crippen molar-refractivity contribution in [3.63, 3.8) is 0 Å². The second-order valence-electron chi connectivity index (χ2n) is 5.59. The van der Waals surface area contributed by atoms with Gasteiger partial charge in [-0.1, -0.05) is 13.0 Å². The van der Waals surface area contributed by atoms with Crippen LogP contribution in [0.25, 0.3) is 0 Å². The molecule has 0 saturated carbocycles. The van der Waals surface area contributed by atoms with Crippen LogP contribution in [-0.4, -0.2) is 30.1 Å². The normalized spacial score (nSPS) is 22.0. The minimum absolute atomic E-state index is 0.0566. The predicted octanol–water partition coefficient (Wildman–Crippen LogP) is 1.34. The summed E-state index contributed by atoms with van der Waals surface area (Å²) >= 11 is 0. The molecule has 0 aromatic carbocycles. The lowest BCUT2D eigenvalue weighted by Gasteiger charge is -2.16. The Kier molecular flexibility index (Phi) is 4.95. The fraction of sp³-hybridized carbons (Fsp3) is 0.600. The number of ether oxygens (including phenoxy) is 1. The molecule has 2 atom stereocenters. The molecule has 2 unspecified atom stereocenters. The van der Waals surface area contributed by atoms with Gasteiger partial charge in [0.25, 0.3) is 0 Å². The van der Waals surface area contributed by atoms with Crippen LogP contribution in [0.4, 0.5) is 0 Å². The van der Waals surface area contributed by atoms with Gasteiger partial charge in [0.15, 0.2) is 0 Å². The van der Waals surface area contributed by atoms with Gasteiger partial charge in [-0.2, -0.15) is 0 Å². The van der Waals surface area contributed by atoms with Crippen LogP contribution in [0, 0.1) is 11.8 Å². The summed E-state index contributed by atoms with van der Waals surface area (Å²) in [5.41, 5.74) is 0.910. The molecule has 1 aliphatic heterocycles. The molecule has 2 N–H and O–H groups in total. The lowest BCUT2D eigenvalue weighted by molar-refractivity contribution is -0.125. The zero-order valence-electron chi connectivity index (χ0n) is 12.3. The first-order chi connectivity index (χ1) is 9.58. The molecule has 1 amide bonds. The summed E-state index contributed by atoms with van der Waals surface area (Å²) in [7, 11) is 0. The van der Waals surface area contributed by atoms with E-state index in [0.29, 0.717) is 18.3 Å². The van der Waals surface area contributed by atoms with Gasteiger partial charge in [-0.3, -0.25) is 4.79 Å². The number of nitrogens with one attached hydrogen (secondary N) is 2. The van der Waals surface area contributed by atoms with Crippen molar-refractivity contribution in [3.8, 4) is 5.88 Å². The van der Waals surface area contributed by atoms with Crippen LogP contribution in [0.5, 0.6) is 5.88 Å². The molecule has 1 saturated heterocycles. The number of rotatable bonds is 5. The minimum atomic E-state index is 0.0566. The van der Waals surface area contributed by atoms with Gasteiger partial charge in [0.2, 0.25) is 11.8 Å². The van der Waals surface area contributed by atoms with Crippen LogP contribution in [0.1, 0.15) is 26.3 Å². The molecule has 0 spiro atoms. The van der Waals surface area contributed by atoms with Crippen molar-refractivity contribution in [1.82, 2.24) is 15.6 Å². The number of carbonyl (C=O) groups is 1. The molecule has 1 aliphatic rings. The van der Waals surface area contributed by atoms with E-state index in [0.717, 1.165) is 18.7 Å². The third-order valence-electron chi connectivity index (χ3n) is 3.50. The van der Waals surface area contributed by atoms with E-state index in [9.17, 15) is 4.79 Å². The van der Waals surface area contributed by atoms with Crippen molar-refractivity contribution in [1.29, 1.82) is 0 Å². The van der Waals surface area contributed by atoms with E-state index in [4.69, 9.17) is 4.74 Å². The Morgan fingerprint density at radius 1 is 1.55 bits per heavy atom. The van der Waals surface area contributed by atoms with Crippen LogP contribution in [0.2, 0.25) is 0 Å². The van der Waals surface area contributed by atoms with Gasteiger partial charge in [-0.05, 0) is 32.4 Å². The number of pyridine rings is 1. The molecule has 1 aromatic rings. The van der Waals surface area contributed by atoms with Crippen molar-refractivity contribution in [2.45, 2.75) is 33.4 Å². The quantitative estimate of drug-likeness (QED) is 0.852. The van der Waals surface area contributed by atoms with Crippen molar-refractivity contribution in [3.05, 3.63) is 23.9 Å². The highest BCUT2D eigenvalue weighted by Gasteiger charge is 2.29. The lowest BCUT2D eigenvalue weighted by Crippen LogP contribution is -2.34. The Morgan fingerprint density at radius 3 is 3.00 bits per heavy atom. The number of amides is 1. The predicted molar refractivity (Wildman–Crippen MR) is 77.4 cm³/mol. The number of nitrogens with zero attached hydrogens (tertiary/aromatic N) is 1. The first kappa shape index (κ1) is 14.8. The molecule has 0 radical (unpaired) electrons. The maximum absolute atomic E-state index is 12.2. The van der Waals surface area contributed by atoms with Gasteiger partial charge in [0.1, 0.15) is 0 Å². The molecule has 1 fully saturated rings. The molecule has 5 nitrogen and oxygen atoms in total. The molecular formula is C15H23N3O2. The van der Waals surface area contributed by atoms with Crippen LogP contribution in [0.15, 0.2) is 18.3 Å². The number of carbonyl (C=O) groups excluding carboxylic acids is 1. The van der Waals surface area contributed by atoms with Gasteiger partial charge in [-0.15, -0.1) is 0 Å². The number of aromatic nitrogens is 1. The molecule has 2 heterocycles. The molecular weight excluding hydrogens is 254 g/mol. The standard InChI is InChI=1S/C15H23N3O2/c1-10(2)20-15-12(5-4-6-17-15)8-18-14(19)13-9-16-7-11(13)3/h4-6,10-11,13,16H,7-9H2,1-3H3,(H,18,19). The summed E-state index contributed by atoms with van der Waals surface area (Å²) in [5.74, 6) is 1.14. The highest BCUT2D eigenvalue weighted by Crippen LogP contribution is 2.18. The van der Waals surface area contributed by atoms with Crippen molar-refractivity contribution < 1.29 is 9.53 Å². The Labute approximate surface area is 120 Å². The maximum atomic E-state index is 12.2. The smallest absolute Gasteiger partial charge is 0.224 e. The minimum Gasteiger partial charge on any atom is -0.475 e. The second-order valence-corrected chi connectivity index (χ2v) is 5.59. The van der Waals surface area contributed by atoms with Gasteiger partial charge >= 0.3 is 0 Å². The fourth-order valence-corrected chi connectivity index (χ4v) is 2.36. The lowest BCUT2D eigenvalue weighted by atomic mass is 9.97. The van der Waals surface area contributed by atoms with Crippen LogP contribution < -0.4 is 15.4 Å². The average Bonchev–Trinajstić information content (AvgIpc) is 2.83. The molecule has 1 aromatic heterocycles. The van der Waals surface area contributed by atoms with E-state index in [1.54, 1.807) is 6.20 Å². The van der Waals surface area contributed by atoms with Gasteiger partial charge in [0, 0.05) is 24.8 Å². The Bertz CT molecular complexity index is 462. The Hall–Kier alpha value is -1.62. The first-order valence-corrected chi connectivity index (χ1v) is 7.17. The van der Waals surface area contributed by atoms with Gasteiger partial charge in [-0.25, -0.2) is 4.98 Å². The molecule has 5 heteroatoms. The van der Waals surface area contributed by atoms with E-state index >= 15 is 0 Å². The van der Waals surface area contributed by atoms with E-state index in [2.05, 4.69) is 22.5 Å². The van der Waals surface area contributed by atoms with Gasteiger partial charge < -0.3 is 15.4 Å². The van der Waals surface area contributed by atoms with E-state index in [1.165, 1.54) is 0 Å². The summed E-state index contributed by atoms with van der Waals surface area (Å²) in [6.45, 7) is 8.15. The number of hydrogen-bond donors (Lipinski definition) is 2. The molecule has 0 bridgehead atoms.